The maximum atomic E-state index is 14.1. The minimum absolute atomic E-state index is 0.0891. The Morgan fingerprint density at radius 1 is 0.881 bits per heavy atom. The van der Waals surface area contributed by atoms with Gasteiger partial charge >= 0.3 is 5.97 Å². The molecule has 42 heavy (non-hydrogen) atoms. The van der Waals surface area contributed by atoms with Gasteiger partial charge in [0.05, 0.1) is 5.56 Å². The van der Waals surface area contributed by atoms with Gasteiger partial charge in [-0.2, -0.15) is 0 Å². The second-order valence-electron chi connectivity index (χ2n) is 13.4. The number of carboxylic acids is 1. The Bertz CT molecular complexity index is 1410. The molecule has 0 radical (unpaired) electrons. The summed E-state index contributed by atoms with van der Waals surface area (Å²) in [6.45, 7) is 10.1. The third kappa shape index (κ3) is 5.93. The largest absolute Gasteiger partial charge is 0.489 e. The number of ketones is 2. The molecule has 3 aliphatic rings. The highest BCUT2D eigenvalue weighted by Gasteiger charge is 2.49. The molecule has 0 saturated heterocycles. The standard InChI is InChI=1S/C35H41NO6/c1-34(2)17-25-31(27(37)19-34)30(32-26(36(25)15-8-16-41-5)18-35(3,4)20-28(32)38)24-9-6-7-10-29(24)42-21-22-11-13-23(14-12-22)33(39)40/h6-7,9-14,30H,8,15-21H2,1-5H3,(H,39,40). The summed E-state index contributed by atoms with van der Waals surface area (Å²) in [4.78, 5) is 41.7. The molecular weight excluding hydrogens is 530 g/mol. The van der Waals surface area contributed by atoms with Crippen LogP contribution in [0, 0.1) is 10.8 Å². The summed E-state index contributed by atoms with van der Waals surface area (Å²) in [5, 5.41) is 9.24. The van der Waals surface area contributed by atoms with Crippen LogP contribution in [-0.2, 0) is 20.9 Å². The van der Waals surface area contributed by atoms with E-state index in [-0.39, 0.29) is 34.6 Å². The Morgan fingerprint density at radius 3 is 2.00 bits per heavy atom. The topological polar surface area (TPSA) is 93.1 Å². The van der Waals surface area contributed by atoms with Crippen LogP contribution in [0.25, 0.3) is 0 Å². The number of carbonyl (C=O) groups excluding carboxylic acids is 2. The van der Waals surface area contributed by atoms with Crippen LogP contribution in [-0.4, -0.2) is 47.8 Å². The Balaban J connectivity index is 1.62. The molecule has 0 fully saturated rings. The fraction of sp³-hybridized carbons (Fsp3) is 0.457. The van der Waals surface area contributed by atoms with E-state index in [1.54, 1.807) is 31.4 Å². The number of Topliss-reactive ketones (excluding diaryl/α,β-unsaturated/α-hetero) is 2. The molecule has 0 spiro atoms. The molecule has 0 bridgehead atoms. The van der Waals surface area contributed by atoms with Crippen LogP contribution in [0.3, 0.4) is 0 Å². The van der Waals surface area contributed by atoms with Crippen molar-refractivity contribution in [2.24, 2.45) is 10.8 Å². The maximum absolute atomic E-state index is 14.1. The summed E-state index contributed by atoms with van der Waals surface area (Å²) in [6.07, 6.45) is 3.15. The zero-order valence-corrected chi connectivity index (χ0v) is 25.3. The van der Waals surface area contributed by atoms with Gasteiger partial charge in [-0.3, -0.25) is 9.59 Å². The number of nitrogens with zero attached hydrogens (tertiary/aromatic N) is 1. The van der Waals surface area contributed by atoms with Crippen molar-refractivity contribution in [2.45, 2.75) is 72.3 Å². The van der Waals surface area contributed by atoms with E-state index in [1.807, 2.05) is 24.3 Å². The maximum Gasteiger partial charge on any atom is 0.335 e. The molecule has 0 saturated carbocycles. The highest BCUT2D eigenvalue weighted by molar-refractivity contribution is 6.07. The molecule has 2 aromatic carbocycles. The van der Waals surface area contributed by atoms with Gasteiger partial charge in [0, 0.05) is 67.1 Å². The Labute approximate surface area is 248 Å². The van der Waals surface area contributed by atoms with Crippen molar-refractivity contribution in [3.63, 3.8) is 0 Å². The zero-order chi connectivity index (χ0) is 30.2. The lowest BCUT2D eigenvalue weighted by Crippen LogP contribution is -2.44. The number of methoxy groups -OCH3 is 1. The van der Waals surface area contributed by atoms with E-state index in [1.165, 1.54) is 0 Å². The van der Waals surface area contributed by atoms with Crippen LogP contribution in [0.15, 0.2) is 71.1 Å². The van der Waals surface area contributed by atoms with Gasteiger partial charge in [0.2, 0.25) is 0 Å². The average molecular weight is 572 g/mol. The molecule has 1 aliphatic heterocycles. The molecule has 2 aromatic rings. The summed E-state index contributed by atoms with van der Waals surface area (Å²) in [5.74, 6) is -0.675. The summed E-state index contributed by atoms with van der Waals surface area (Å²) >= 11 is 0. The molecule has 2 aliphatic carbocycles. The highest BCUT2D eigenvalue weighted by Crippen LogP contribution is 2.55. The van der Waals surface area contributed by atoms with Crippen LogP contribution in [0.2, 0.25) is 0 Å². The summed E-state index contributed by atoms with van der Waals surface area (Å²) in [7, 11) is 1.69. The summed E-state index contributed by atoms with van der Waals surface area (Å²) in [6, 6.07) is 14.3. The number of carbonyl (C=O) groups is 3. The molecule has 7 nitrogen and oxygen atoms in total. The number of carboxylic acid groups (broad SMARTS) is 1. The fourth-order valence-electron chi connectivity index (χ4n) is 6.75. The SMILES string of the molecule is COCCCN1C2=C(C(=O)CC(C)(C)C2)C(c2ccccc2OCc2ccc(C(=O)O)cc2)C2=C1CC(C)(C)CC2=O. The first-order valence-electron chi connectivity index (χ1n) is 14.7. The van der Waals surface area contributed by atoms with E-state index >= 15 is 0 Å². The van der Waals surface area contributed by atoms with Crippen LogP contribution >= 0.6 is 0 Å². The number of allylic oxidation sites excluding steroid dienone is 4. The van der Waals surface area contributed by atoms with Gasteiger partial charge in [-0.15, -0.1) is 0 Å². The van der Waals surface area contributed by atoms with Gasteiger partial charge in [0.15, 0.2) is 11.6 Å². The first-order valence-corrected chi connectivity index (χ1v) is 14.7. The number of para-hydroxylation sites is 1. The van der Waals surface area contributed by atoms with Gasteiger partial charge in [-0.1, -0.05) is 58.0 Å². The minimum atomic E-state index is -0.977. The van der Waals surface area contributed by atoms with Crippen LogP contribution in [0.5, 0.6) is 5.75 Å². The van der Waals surface area contributed by atoms with E-state index in [4.69, 9.17) is 9.47 Å². The van der Waals surface area contributed by atoms with Crippen LogP contribution in [0.1, 0.15) is 87.2 Å². The summed E-state index contributed by atoms with van der Waals surface area (Å²) in [5.41, 5.74) is 4.98. The fourth-order valence-corrected chi connectivity index (χ4v) is 6.75. The zero-order valence-electron chi connectivity index (χ0n) is 25.3. The lowest BCUT2D eigenvalue weighted by atomic mass is 9.63. The predicted octanol–water partition coefficient (Wildman–Crippen LogP) is 6.69. The van der Waals surface area contributed by atoms with Gasteiger partial charge < -0.3 is 19.5 Å². The molecule has 222 valence electrons. The van der Waals surface area contributed by atoms with Gasteiger partial charge in [-0.05, 0) is 53.9 Å². The molecule has 0 unspecified atom stereocenters. The van der Waals surface area contributed by atoms with Crippen molar-refractivity contribution in [3.05, 3.63) is 87.8 Å². The van der Waals surface area contributed by atoms with Crippen molar-refractivity contribution < 1.29 is 29.0 Å². The first kappa shape index (κ1) is 29.8. The molecule has 1 heterocycles. The quantitative estimate of drug-likeness (QED) is 0.335. The first-order chi connectivity index (χ1) is 19.9. The number of benzene rings is 2. The lowest BCUT2D eigenvalue weighted by molar-refractivity contribution is -0.119. The average Bonchev–Trinajstić information content (AvgIpc) is 2.91. The van der Waals surface area contributed by atoms with E-state index in [0.717, 1.165) is 52.9 Å². The van der Waals surface area contributed by atoms with Crippen molar-refractivity contribution in [3.8, 4) is 5.75 Å². The van der Waals surface area contributed by atoms with Crippen LogP contribution < -0.4 is 4.74 Å². The highest BCUT2D eigenvalue weighted by atomic mass is 16.5. The summed E-state index contributed by atoms with van der Waals surface area (Å²) < 4.78 is 11.7. The predicted molar refractivity (Wildman–Crippen MR) is 160 cm³/mol. The molecule has 0 amide bonds. The molecule has 1 N–H and O–H groups in total. The number of hydrogen-bond donors (Lipinski definition) is 1. The monoisotopic (exact) mass is 571 g/mol. The molecule has 0 atom stereocenters. The molecule has 7 heteroatoms. The normalized spacial score (nSPS) is 20.0. The van der Waals surface area contributed by atoms with Gasteiger partial charge in [0.25, 0.3) is 0 Å². The molecule has 0 aromatic heterocycles. The number of ether oxygens (including phenoxy) is 2. The second-order valence-corrected chi connectivity index (χ2v) is 13.4. The van der Waals surface area contributed by atoms with Gasteiger partial charge in [0.1, 0.15) is 12.4 Å². The lowest BCUT2D eigenvalue weighted by Gasteiger charge is -2.49. The van der Waals surface area contributed by atoms with E-state index < -0.39 is 11.9 Å². The molecule has 5 rings (SSSR count). The van der Waals surface area contributed by atoms with E-state index in [9.17, 15) is 19.5 Å². The van der Waals surface area contributed by atoms with Crippen molar-refractivity contribution >= 4 is 17.5 Å². The third-order valence-electron chi connectivity index (χ3n) is 8.58. The number of aromatic carboxylic acids is 1. The van der Waals surface area contributed by atoms with Crippen molar-refractivity contribution in [2.75, 3.05) is 20.3 Å². The molecular formula is C35H41NO6. The second kappa shape index (κ2) is 11.5. The Hall–Kier alpha value is -3.71. The minimum Gasteiger partial charge on any atom is -0.489 e. The van der Waals surface area contributed by atoms with E-state index in [2.05, 4.69) is 32.6 Å². The number of rotatable bonds is 9. The third-order valence-corrected chi connectivity index (χ3v) is 8.58. The Morgan fingerprint density at radius 2 is 1.45 bits per heavy atom. The smallest absolute Gasteiger partial charge is 0.335 e. The van der Waals surface area contributed by atoms with Gasteiger partial charge in [-0.25, -0.2) is 4.79 Å². The van der Waals surface area contributed by atoms with Crippen LogP contribution in [0.4, 0.5) is 0 Å². The van der Waals surface area contributed by atoms with Crippen molar-refractivity contribution in [1.29, 1.82) is 0 Å². The van der Waals surface area contributed by atoms with Crippen molar-refractivity contribution in [1.82, 2.24) is 4.90 Å². The number of hydrogen-bond acceptors (Lipinski definition) is 6. The van der Waals surface area contributed by atoms with E-state index in [0.29, 0.717) is 31.7 Å². The Kier molecular flexibility index (Phi) is 8.17.